The molecule has 2 aromatic carbocycles. The number of anilines is 1. The molecule has 0 atom stereocenters. The van der Waals surface area contributed by atoms with Crippen LogP contribution in [0.4, 0.5) is 5.69 Å². The number of ether oxygens (including phenoxy) is 2. The fourth-order valence-corrected chi connectivity index (χ4v) is 2.62. The average Bonchev–Trinajstić information content (AvgIpc) is 2.58. The Labute approximate surface area is 151 Å². The lowest BCUT2D eigenvalue weighted by atomic mass is 10.0. The molecular formula is C18H17Cl2NO3. The molecule has 0 aliphatic rings. The summed E-state index contributed by atoms with van der Waals surface area (Å²) in [5.74, 6) is 0.722. The maximum atomic E-state index is 12.6. The van der Waals surface area contributed by atoms with E-state index in [9.17, 15) is 4.79 Å². The monoisotopic (exact) mass is 365 g/mol. The SMILES string of the molecule is C=CCc1cc(C(=O)Nc2cccc(Cl)c2Cl)cc(OC)c1OC. The van der Waals surface area contributed by atoms with E-state index in [1.807, 2.05) is 0 Å². The molecule has 126 valence electrons. The van der Waals surface area contributed by atoms with Gasteiger partial charge in [0.05, 0.1) is 30.0 Å². The lowest BCUT2D eigenvalue weighted by Crippen LogP contribution is -2.13. The van der Waals surface area contributed by atoms with Crippen LogP contribution in [0.5, 0.6) is 11.5 Å². The van der Waals surface area contributed by atoms with Crippen molar-refractivity contribution in [2.75, 3.05) is 19.5 Å². The summed E-state index contributed by atoms with van der Waals surface area (Å²) >= 11 is 12.1. The van der Waals surface area contributed by atoms with Crippen molar-refractivity contribution in [1.82, 2.24) is 0 Å². The highest BCUT2D eigenvalue weighted by Crippen LogP contribution is 2.34. The number of amides is 1. The van der Waals surface area contributed by atoms with Gasteiger partial charge in [0.15, 0.2) is 11.5 Å². The number of hydrogen-bond acceptors (Lipinski definition) is 3. The largest absolute Gasteiger partial charge is 0.493 e. The molecule has 0 saturated carbocycles. The number of halogens is 2. The number of methoxy groups -OCH3 is 2. The molecule has 0 bridgehead atoms. The summed E-state index contributed by atoms with van der Waals surface area (Å²) in [4.78, 5) is 12.6. The van der Waals surface area contributed by atoms with Gasteiger partial charge in [-0.1, -0.05) is 35.3 Å². The summed E-state index contributed by atoms with van der Waals surface area (Å²) in [6.45, 7) is 3.72. The van der Waals surface area contributed by atoms with Gasteiger partial charge in [0.1, 0.15) is 0 Å². The molecule has 2 rings (SSSR count). The van der Waals surface area contributed by atoms with E-state index in [0.29, 0.717) is 39.2 Å². The molecule has 0 aliphatic heterocycles. The number of benzene rings is 2. The van der Waals surface area contributed by atoms with Crippen LogP contribution < -0.4 is 14.8 Å². The van der Waals surface area contributed by atoms with Gasteiger partial charge in [-0.2, -0.15) is 0 Å². The van der Waals surface area contributed by atoms with Gasteiger partial charge in [0.2, 0.25) is 0 Å². The van der Waals surface area contributed by atoms with E-state index in [-0.39, 0.29) is 5.91 Å². The molecule has 0 unspecified atom stereocenters. The van der Waals surface area contributed by atoms with Crippen LogP contribution in [0.2, 0.25) is 10.0 Å². The smallest absolute Gasteiger partial charge is 0.255 e. The number of carbonyl (C=O) groups is 1. The van der Waals surface area contributed by atoms with E-state index in [2.05, 4.69) is 11.9 Å². The highest BCUT2D eigenvalue weighted by atomic mass is 35.5. The molecule has 0 aliphatic carbocycles. The molecule has 0 radical (unpaired) electrons. The van der Waals surface area contributed by atoms with Crippen LogP contribution >= 0.6 is 23.2 Å². The molecule has 0 spiro atoms. The highest BCUT2D eigenvalue weighted by molar-refractivity contribution is 6.44. The van der Waals surface area contributed by atoms with E-state index >= 15 is 0 Å². The van der Waals surface area contributed by atoms with Crippen LogP contribution in [-0.2, 0) is 6.42 Å². The third kappa shape index (κ3) is 3.83. The number of nitrogens with one attached hydrogen (secondary N) is 1. The summed E-state index contributed by atoms with van der Waals surface area (Å²) in [5, 5.41) is 3.41. The van der Waals surface area contributed by atoms with Crippen molar-refractivity contribution < 1.29 is 14.3 Å². The first kappa shape index (κ1) is 18.2. The van der Waals surface area contributed by atoms with Crippen molar-refractivity contribution in [2.24, 2.45) is 0 Å². The second-order valence-corrected chi connectivity index (χ2v) is 5.70. The minimum atomic E-state index is -0.328. The fourth-order valence-electron chi connectivity index (χ4n) is 2.28. The van der Waals surface area contributed by atoms with Gasteiger partial charge in [-0.15, -0.1) is 6.58 Å². The van der Waals surface area contributed by atoms with Gasteiger partial charge >= 0.3 is 0 Å². The van der Waals surface area contributed by atoms with Crippen molar-refractivity contribution in [3.05, 3.63) is 64.2 Å². The third-order valence-corrected chi connectivity index (χ3v) is 4.20. The topological polar surface area (TPSA) is 47.6 Å². The molecule has 1 amide bonds. The fraction of sp³-hybridized carbons (Fsp3) is 0.167. The average molecular weight is 366 g/mol. The molecule has 0 aromatic heterocycles. The quantitative estimate of drug-likeness (QED) is 0.733. The Bertz CT molecular complexity index is 775. The predicted molar refractivity (Wildman–Crippen MR) is 97.9 cm³/mol. The van der Waals surface area contributed by atoms with Crippen molar-refractivity contribution in [3.8, 4) is 11.5 Å². The molecular weight excluding hydrogens is 349 g/mol. The molecule has 0 fully saturated rings. The van der Waals surface area contributed by atoms with Crippen molar-refractivity contribution >= 4 is 34.8 Å². The Hall–Kier alpha value is -2.17. The summed E-state index contributed by atoms with van der Waals surface area (Å²) < 4.78 is 10.7. The van der Waals surface area contributed by atoms with Crippen LogP contribution in [0, 0.1) is 0 Å². The second-order valence-electron chi connectivity index (χ2n) is 4.92. The molecule has 1 N–H and O–H groups in total. The molecule has 0 saturated heterocycles. The highest BCUT2D eigenvalue weighted by Gasteiger charge is 2.17. The first-order valence-electron chi connectivity index (χ1n) is 7.13. The van der Waals surface area contributed by atoms with E-state index in [1.54, 1.807) is 43.5 Å². The lowest BCUT2D eigenvalue weighted by Gasteiger charge is -2.15. The Morgan fingerprint density at radius 2 is 2.00 bits per heavy atom. The van der Waals surface area contributed by atoms with Gasteiger partial charge < -0.3 is 14.8 Å². The Kier molecular flexibility index (Phi) is 6.12. The van der Waals surface area contributed by atoms with Crippen LogP contribution in [0.15, 0.2) is 43.0 Å². The van der Waals surface area contributed by atoms with E-state index in [4.69, 9.17) is 32.7 Å². The Morgan fingerprint density at radius 3 is 2.62 bits per heavy atom. The lowest BCUT2D eigenvalue weighted by molar-refractivity contribution is 0.102. The summed E-state index contributed by atoms with van der Waals surface area (Å²) in [5.41, 5.74) is 1.66. The summed E-state index contributed by atoms with van der Waals surface area (Å²) in [7, 11) is 3.07. The van der Waals surface area contributed by atoms with Crippen LogP contribution in [0.1, 0.15) is 15.9 Å². The van der Waals surface area contributed by atoms with Crippen LogP contribution in [0.25, 0.3) is 0 Å². The maximum absolute atomic E-state index is 12.6. The normalized spacial score (nSPS) is 10.2. The van der Waals surface area contributed by atoms with Crippen molar-refractivity contribution in [1.29, 1.82) is 0 Å². The second kappa shape index (κ2) is 8.08. The molecule has 24 heavy (non-hydrogen) atoms. The Balaban J connectivity index is 2.40. The van der Waals surface area contributed by atoms with Gasteiger partial charge in [0, 0.05) is 11.1 Å². The standard InChI is InChI=1S/C18H17Cl2NO3/c1-4-6-11-9-12(10-15(23-2)17(11)24-3)18(22)21-14-8-5-7-13(19)16(14)20/h4-5,7-10H,1,6H2,2-3H3,(H,21,22). The van der Waals surface area contributed by atoms with Crippen LogP contribution in [0.3, 0.4) is 0 Å². The third-order valence-electron chi connectivity index (χ3n) is 3.38. The number of carbonyl (C=O) groups excluding carboxylic acids is 1. The molecule has 0 heterocycles. The first-order chi connectivity index (χ1) is 11.5. The summed E-state index contributed by atoms with van der Waals surface area (Å²) in [6, 6.07) is 8.38. The zero-order chi connectivity index (χ0) is 17.7. The van der Waals surface area contributed by atoms with Gasteiger partial charge in [-0.3, -0.25) is 4.79 Å². The van der Waals surface area contributed by atoms with Crippen molar-refractivity contribution in [2.45, 2.75) is 6.42 Å². The minimum Gasteiger partial charge on any atom is -0.493 e. The Morgan fingerprint density at radius 1 is 1.25 bits per heavy atom. The zero-order valence-corrected chi connectivity index (χ0v) is 14.9. The first-order valence-corrected chi connectivity index (χ1v) is 7.88. The van der Waals surface area contributed by atoms with E-state index < -0.39 is 0 Å². The summed E-state index contributed by atoms with van der Waals surface area (Å²) in [6.07, 6.45) is 2.27. The number of rotatable bonds is 6. The predicted octanol–water partition coefficient (Wildman–Crippen LogP) is 4.99. The van der Waals surface area contributed by atoms with Gasteiger partial charge in [-0.25, -0.2) is 0 Å². The maximum Gasteiger partial charge on any atom is 0.255 e. The van der Waals surface area contributed by atoms with Gasteiger partial charge in [0.25, 0.3) is 5.91 Å². The van der Waals surface area contributed by atoms with E-state index in [0.717, 1.165) is 5.56 Å². The number of allylic oxidation sites excluding steroid dienone is 1. The number of hydrogen-bond donors (Lipinski definition) is 1. The van der Waals surface area contributed by atoms with Gasteiger partial charge in [-0.05, 0) is 30.7 Å². The molecule has 4 nitrogen and oxygen atoms in total. The van der Waals surface area contributed by atoms with Crippen LogP contribution in [-0.4, -0.2) is 20.1 Å². The zero-order valence-electron chi connectivity index (χ0n) is 13.4. The van der Waals surface area contributed by atoms with E-state index in [1.165, 1.54) is 7.11 Å². The minimum absolute atomic E-state index is 0.291. The molecule has 6 heteroatoms. The molecule has 2 aromatic rings. The van der Waals surface area contributed by atoms with Crippen molar-refractivity contribution in [3.63, 3.8) is 0 Å².